The highest BCUT2D eigenvalue weighted by Crippen LogP contribution is 2.27. The number of amides is 1. The largest absolute Gasteiger partial charge is 0.448 e. The van der Waals surface area contributed by atoms with Crippen molar-refractivity contribution in [1.29, 1.82) is 0 Å². The first kappa shape index (κ1) is 11.0. The minimum absolute atomic E-state index is 0.0945. The van der Waals surface area contributed by atoms with Gasteiger partial charge < -0.3 is 14.2 Å². The average molecular weight is 247 g/mol. The minimum atomic E-state index is -0.518. The molecule has 0 aromatic carbocycles. The van der Waals surface area contributed by atoms with E-state index in [-0.39, 0.29) is 5.91 Å². The summed E-state index contributed by atoms with van der Waals surface area (Å²) >= 11 is 0. The van der Waals surface area contributed by atoms with Crippen LogP contribution in [0.15, 0.2) is 33.6 Å². The molecule has 1 aliphatic rings. The Kier molecular flexibility index (Phi) is 2.64. The Balaban J connectivity index is 1.99. The van der Waals surface area contributed by atoms with Gasteiger partial charge in [-0.15, -0.1) is 0 Å². The molecule has 1 atom stereocenters. The van der Waals surface area contributed by atoms with E-state index in [0.29, 0.717) is 24.6 Å². The molecule has 94 valence electrons. The zero-order valence-electron chi connectivity index (χ0n) is 9.92. The van der Waals surface area contributed by atoms with Gasteiger partial charge >= 0.3 is 0 Å². The molecule has 0 bridgehead atoms. The van der Waals surface area contributed by atoms with Crippen LogP contribution in [-0.2, 0) is 11.2 Å². The van der Waals surface area contributed by atoms with Crippen LogP contribution in [0, 0.1) is 0 Å². The second kappa shape index (κ2) is 4.30. The Bertz CT molecular complexity index is 547. The van der Waals surface area contributed by atoms with E-state index in [1.54, 1.807) is 30.3 Å². The number of oxazole rings is 1. The molecule has 0 aliphatic carbocycles. The number of hydrogen-bond donors (Lipinski definition) is 1. The molecule has 1 N–H and O–H groups in total. The highest BCUT2D eigenvalue weighted by Gasteiger charge is 2.34. The third-order valence-corrected chi connectivity index (χ3v) is 3.08. The zero-order chi connectivity index (χ0) is 12.5. The van der Waals surface area contributed by atoms with E-state index in [1.165, 1.54) is 6.39 Å². The number of fused-ring (bicyclic) bond motifs is 1. The second-order valence-corrected chi connectivity index (χ2v) is 4.08. The molecule has 0 radical (unpaired) electrons. The van der Waals surface area contributed by atoms with Crippen LogP contribution in [0.5, 0.6) is 0 Å². The molecule has 3 heterocycles. The maximum atomic E-state index is 12.5. The van der Waals surface area contributed by atoms with Gasteiger partial charge in [-0.1, -0.05) is 0 Å². The van der Waals surface area contributed by atoms with Gasteiger partial charge in [0.2, 0.25) is 5.88 Å². The molecule has 2 aromatic heterocycles. The summed E-state index contributed by atoms with van der Waals surface area (Å²) in [6.45, 7) is 0.532. The van der Waals surface area contributed by atoms with Gasteiger partial charge in [0, 0.05) is 19.0 Å². The van der Waals surface area contributed by atoms with Crippen LogP contribution < -0.4 is 10.2 Å². The summed E-state index contributed by atoms with van der Waals surface area (Å²) in [6.07, 6.45) is 3.58. The molecule has 3 rings (SSSR count). The summed E-state index contributed by atoms with van der Waals surface area (Å²) < 4.78 is 10.6. The Morgan fingerprint density at radius 1 is 1.50 bits per heavy atom. The Labute approximate surface area is 104 Å². The number of aromatic nitrogens is 1. The van der Waals surface area contributed by atoms with Crippen LogP contribution in [0.3, 0.4) is 0 Å². The summed E-state index contributed by atoms with van der Waals surface area (Å²) in [5, 5.41) is 2.96. The van der Waals surface area contributed by atoms with Crippen molar-refractivity contribution < 1.29 is 13.6 Å². The summed E-state index contributed by atoms with van der Waals surface area (Å²) in [5.41, 5.74) is 0.816. The topological polar surface area (TPSA) is 71.5 Å². The number of carbonyl (C=O) groups excluding carboxylic acids is 1. The predicted molar refractivity (Wildman–Crippen MR) is 63.1 cm³/mol. The van der Waals surface area contributed by atoms with E-state index in [2.05, 4.69) is 10.3 Å². The first-order chi connectivity index (χ1) is 8.81. The van der Waals surface area contributed by atoms with Crippen LogP contribution in [0.25, 0.3) is 0 Å². The van der Waals surface area contributed by atoms with Crippen LogP contribution in [0.2, 0.25) is 0 Å². The van der Waals surface area contributed by atoms with Crippen LogP contribution in [-0.4, -0.2) is 24.5 Å². The van der Waals surface area contributed by atoms with Gasteiger partial charge in [0.05, 0.1) is 12.0 Å². The number of nitrogens with one attached hydrogen (secondary N) is 1. The molecule has 1 aliphatic heterocycles. The molecule has 2 aromatic rings. The molecule has 1 unspecified atom stereocenters. The number of carbonyl (C=O) groups is 1. The smallest absolute Gasteiger partial charge is 0.254 e. The lowest BCUT2D eigenvalue weighted by Gasteiger charge is -2.21. The molecular formula is C12H13N3O3. The third kappa shape index (κ3) is 1.62. The standard InChI is InChI=1S/C12H13N3O3/c1-13-10-11-8(14-7-18-11)4-5-15(12(10)16)9-3-2-6-17-9/h2-3,6-7,10,13H,4-5H2,1H3. The lowest BCUT2D eigenvalue weighted by Crippen LogP contribution is -2.38. The van der Waals surface area contributed by atoms with Crippen molar-refractivity contribution in [1.82, 2.24) is 10.3 Å². The highest BCUT2D eigenvalue weighted by molar-refractivity contribution is 5.97. The molecular weight excluding hydrogens is 234 g/mol. The molecule has 6 heteroatoms. The lowest BCUT2D eigenvalue weighted by atomic mass is 10.1. The van der Waals surface area contributed by atoms with Crippen LogP contribution >= 0.6 is 0 Å². The number of anilines is 1. The van der Waals surface area contributed by atoms with Crippen molar-refractivity contribution in [2.24, 2.45) is 0 Å². The molecule has 1 amide bonds. The monoisotopic (exact) mass is 247 g/mol. The van der Waals surface area contributed by atoms with Crippen molar-refractivity contribution in [2.75, 3.05) is 18.5 Å². The summed E-state index contributed by atoms with van der Waals surface area (Å²) in [6, 6.07) is 3.01. The first-order valence-electron chi connectivity index (χ1n) is 5.75. The predicted octanol–water partition coefficient (Wildman–Crippen LogP) is 1.12. The van der Waals surface area contributed by atoms with Gasteiger partial charge in [0.1, 0.15) is 6.04 Å². The normalized spacial score (nSPS) is 19.7. The number of furan rings is 1. The summed E-state index contributed by atoms with van der Waals surface area (Å²) in [5.74, 6) is 1.05. The Hall–Kier alpha value is -2.08. The molecule has 0 saturated carbocycles. The van der Waals surface area contributed by atoms with Gasteiger partial charge in [-0.2, -0.15) is 0 Å². The SMILES string of the molecule is CNC1C(=O)N(c2ccco2)CCc2ncoc21. The van der Waals surface area contributed by atoms with Gasteiger partial charge in [-0.05, 0) is 13.1 Å². The van der Waals surface area contributed by atoms with E-state index in [0.717, 1.165) is 5.69 Å². The molecule has 6 nitrogen and oxygen atoms in total. The van der Waals surface area contributed by atoms with Gasteiger partial charge in [-0.25, -0.2) is 4.98 Å². The number of likely N-dealkylation sites (N-methyl/N-ethyl adjacent to an activating group) is 1. The fourth-order valence-electron chi connectivity index (χ4n) is 2.19. The molecule has 0 saturated heterocycles. The van der Waals surface area contributed by atoms with E-state index in [9.17, 15) is 4.79 Å². The number of hydrogen-bond acceptors (Lipinski definition) is 5. The fraction of sp³-hybridized carbons (Fsp3) is 0.333. The van der Waals surface area contributed by atoms with E-state index in [4.69, 9.17) is 8.83 Å². The first-order valence-corrected chi connectivity index (χ1v) is 5.75. The molecule has 18 heavy (non-hydrogen) atoms. The van der Waals surface area contributed by atoms with E-state index in [1.807, 2.05) is 0 Å². The van der Waals surface area contributed by atoms with Crippen LogP contribution in [0.4, 0.5) is 5.88 Å². The van der Waals surface area contributed by atoms with Crippen molar-refractivity contribution >= 4 is 11.8 Å². The Morgan fingerprint density at radius 2 is 2.39 bits per heavy atom. The minimum Gasteiger partial charge on any atom is -0.448 e. The van der Waals surface area contributed by atoms with E-state index < -0.39 is 6.04 Å². The van der Waals surface area contributed by atoms with Crippen molar-refractivity contribution in [3.8, 4) is 0 Å². The fourth-order valence-corrected chi connectivity index (χ4v) is 2.19. The quantitative estimate of drug-likeness (QED) is 0.861. The molecule has 0 fully saturated rings. The third-order valence-electron chi connectivity index (χ3n) is 3.08. The number of rotatable bonds is 2. The lowest BCUT2D eigenvalue weighted by molar-refractivity contribution is -0.121. The van der Waals surface area contributed by atoms with E-state index >= 15 is 0 Å². The van der Waals surface area contributed by atoms with Crippen LogP contribution in [0.1, 0.15) is 17.5 Å². The maximum Gasteiger partial charge on any atom is 0.254 e. The zero-order valence-corrected chi connectivity index (χ0v) is 9.92. The van der Waals surface area contributed by atoms with Gasteiger partial charge in [0.25, 0.3) is 5.91 Å². The average Bonchev–Trinajstić information content (AvgIpc) is 3.01. The van der Waals surface area contributed by atoms with Crippen molar-refractivity contribution in [2.45, 2.75) is 12.5 Å². The molecule has 0 spiro atoms. The summed E-state index contributed by atoms with van der Waals surface area (Å²) in [4.78, 5) is 18.2. The highest BCUT2D eigenvalue weighted by atomic mass is 16.4. The number of nitrogens with zero attached hydrogens (tertiary/aromatic N) is 2. The second-order valence-electron chi connectivity index (χ2n) is 4.08. The maximum absolute atomic E-state index is 12.5. The van der Waals surface area contributed by atoms with Crippen molar-refractivity contribution in [3.05, 3.63) is 36.2 Å². The van der Waals surface area contributed by atoms with Gasteiger partial charge in [0.15, 0.2) is 12.2 Å². The van der Waals surface area contributed by atoms with Gasteiger partial charge in [-0.3, -0.25) is 9.69 Å². The van der Waals surface area contributed by atoms with Crippen molar-refractivity contribution in [3.63, 3.8) is 0 Å². The Morgan fingerprint density at radius 3 is 3.11 bits per heavy atom. The summed E-state index contributed by atoms with van der Waals surface area (Å²) in [7, 11) is 1.72.